The highest BCUT2D eigenvalue weighted by atomic mass is 79.9. The van der Waals surface area contributed by atoms with Gasteiger partial charge in [-0.2, -0.15) is 0 Å². The molecule has 2 atom stereocenters. The number of fused-ring (bicyclic) bond motifs is 2. The molecule has 2 N–H and O–H groups in total. The van der Waals surface area contributed by atoms with E-state index in [-0.39, 0.29) is 18.3 Å². The number of hydrogen-bond acceptors (Lipinski definition) is 3. The minimum absolute atomic E-state index is 0. The monoisotopic (exact) mass is 406 g/mol. The Kier molecular flexibility index (Phi) is 6.34. The van der Waals surface area contributed by atoms with Crippen LogP contribution in [0.3, 0.4) is 0 Å². The summed E-state index contributed by atoms with van der Waals surface area (Å²) in [7, 11) is 1.93. The van der Waals surface area contributed by atoms with Crippen molar-refractivity contribution < 1.29 is 4.79 Å². The topological polar surface area (TPSA) is 46.3 Å². The summed E-state index contributed by atoms with van der Waals surface area (Å²) in [5.74, 6) is 1.63. The van der Waals surface area contributed by atoms with E-state index in [1.807, 2.05) is 11.9 Å². The van der Waals surface area contributed by atoms with Crippen molar-refractivity contribution in [1.29, 1.82) is 0 Å². The van der Waals surface area contributed by atoms with Crippen molar-refractivity contribution in [2.45, 2.75) is 44.7 Å². The largest absolute Gasteiger partial charge is 0.340 e. The molecule has 22 heavy (non-hydrogen) atoms. The zero-order valence-electron chi connectivity index (χ0n) is 12.8. The van der Waals surface area contributed by atoms with Gasteiger partial charge < -0.3 is 10.6 Å². The lowest BCUT2D eigenvalue weighted by atomic mass is 9.65. The molecule has 1 amide bonds. The molecule has 0 spiro atoms. The van der Waals surface area contributed by atoms with Crippen LogP contribution in [0, 0.1) is 17.8 Å². The summed E-state index contributed by atoms with van der Waals surface area (Å²) in [5.41, 5.74) is 6.32. The second-order valence-electron chi connectivity index (χ2n) is 6.62. The van der Waals surface area contributed by atoms with Crippen LogP contribution in [0.4, 0.5) is 0 Å². The van der Waals surface area contributed by atoms with Gasteiger partial charge in [0.25, 0.3) is 0 Å². The van der Waals surface area contributed by atoms with Crippen molar-refractivity contribution in [2.24, 2.45) is 23.5 Å². The Hall–Kier alpha value is -0.100. The summed E-state index contributed by atoms with van der Waals surface area (Å²) in [6.45, 7) is 0.715. The van der Waals surface area contributed by atoms with E-state index in [2.05, 4.69) is 27.4 Å². The first-order chi connectivity index (χ1) is 10.0. The van der Waals surface area contributed by atoms with Gasteiger partial charge in [0.15, 0.2) is 0 Å². The molecule has 0 radical (unpaired) electrons. The van der Waals surface area contributed by atoms with Crippen molar-refractivity contribution in [3.8, 4) is 0 Å². The highest BCUT2D eigenvalue weighted by Crippen LogP contribution is 2.42. The standard InChI is InChI=1S/C16H23BrN2OS.ClH/c1-19(8-14-7-13(17)9-21-14)16(20)12-5-10-3-2-4-11(6-12)15(10)18;/h7,9-12,15H,2-6,8,18H2,1H3;1H. The molecule has 6 heteroatoms. The minimum Gasteiger partial charge on any atom is -0.340 e. The van der Waals surface area contributed by atoms with Crippen LogP contribution in [0.5, 0.6) is 0 Å². The Morgan fingerprint density at radius 3 is 2.59 bits per heavy atom. The van der Waals surface area contributed by atoms with Gasteiger partial charge in [-0.25, -0.2) is 0 Å². The highest BCUT2D eigenvalue weighted by Gasteiger charge is 2.41. The third kappa shape index (κ3) is 3.86. The number of hydrogen-bond donors (Lipinski definition) is 1. The molecule has 0 saturated heterocycles. The van der Waals surface area contributed by atoms with E-state index >= 15 is 0 Å². The molecule has 3 rings (SSSR count). The summed E-state index contributed by atoms with van der Waals surface area (Å²) < 4.78 is 1.10. The average Bonchev–Trinajstić information content (AvgIpc) is 2.83. The van der Waals surface area contributed by atoms with Gasteiger partial charge in [-0.1, -0.05) is 6.42 Å². The van der Waals surface area contributed by atoms with Crippen LogP contribution in [-0.4, -0.2) is 23.9 Å². The van der Waals surface area contributed by atoms with E-state index in [4.69, 9.17) is 5.73 Å². The van der Waals surface area contributed by atoms with Crippen LogP contribution >= 0.6 is 39.7 Å². The summed E-state index contributed by atoms with van der Waals surface area (Å²) in [5, 5.41) is 2.07. The van der Waals surface area contributed by atoms with Crippen LogP contribution in [0.1, 0.15) is 37.0 Å². The van der Waals surface area contributed by atoms with Gasteiger partial charge in [-0.3, -0.25) is 4.79 Å². The first-order valence-corrected chi connectivity index (χ1v) is 9.45. The summed E-state index contributed by atoms with van der Waals surface area (Å²) in [6.07, 6.45) is 5.71. The molecule has 0 aliphatic heterocycles. The van der Waals surface area contributed by atoms with Crippen molar-refractivity contribution in [3.05, 3.63) is 20.8 Å². The van der Waals surface area contributed by atoms with E-state index in [0.29, 0.717) is 30.3 Å². The van der Waals surface area contributed by atoms with Crippen LogP contribution in [0.25, 0.3) is 0 Å². The van der Waals surface area contributed by atoms with Crippen molar-refractivity contribution in [3.63, 3.8) is 0 Å². The van der Waals surface area contributed by atoms with Gasteiger partial charge in [0.05, 0.1) is 6.54 Å². The number of rotatable bonds is 3. The maximum Gasteiger partial charge on any atom is 0.225 e. The van der Waals surface area contributed by atoms with Crippen LogP contribution in [-0.2, 0) is 11.3 Å². The highest BCUT2D eigenvalue weighted by molar-refractivity contribution is 9.10. The number of nitrogens with two attached hydrogens (primary N) is 1. The van der Waals surface area contributed by atoms with Gasteiger partial charge in [0.1, 0.15) is 0 Å². The smallest absolute Gasteiger partial charge is 0.225 e. The molecule has 0 aromatic carbocycles. The molecule has 2 fully saturated rings. The summed E-state index contributed by atoms with van der Waals surface area (Å²) >= 11 is 5.17. The molecule has 2 aliphatic rings. The molecule has 2 unspecified atom stereocenters. The predicted octanol–water partition coefficient (Wildman–Crippen LogP) is 4.04. The second kappa shape index (κ2) is 7.65. The zero-order valence-corrected chi connectivity index (χ0v) is 16.1. The molecule has 1 heterocycles. The van der Waals surface area contributed by atoms with Gasteiger partial charge in [0, 0.05) is 33.7 Å². The Bertz CT molecular complexity index is 510. The molecule has 2 saturated carbocycles. The van der Waals surface area contributed by atoms with Crippen molar-refractivity contribution in [2.75, 3.05) is 7.05 Å². The van der Waals surface area contributed by atoms with E-state index in [0.717, 1.165) is 17.3 Å². The predicted molar refractivity (Wildman–Crippen MR) is 97.3 cm³/mol. The molecule has 1 aromatic heterocycles. The van der Waals surface area contributed by atoms with Crippen molar-refractivity contribution in [1.82, 2.24) is 4.90 Å². The molecule has 124 valence electrons. The van der Waals surface area contributed by atoms with Gasteiger partial charge in [0.2, 0.25) is 5.91 Å². The molecule has 2 aliphatic carbocycles. The van der Waals surface area contributed by atoms with E-state index in [1.165, 1.54) is 24.1 Å². The minimum atomic E-state index is 0. The van der Waals surface area contributed by atoms with Gasteiger partial charge in [-0.15, -0.1) is 23.7 Å². The summed E-state index contributed by atoms with van der Waals surface area (Å²) in [6, 6.07) is 2.43. The SMILES string of the molecule is CN(Cc1cc(Br)cs1)C(=O)C1CC2CCCC(C1)C2N.Cl. The molecule has 1 aromatic rings. The van der Waals surface area contributed by atoms with Crippen LogP contribution in [0.2, 0.25) is 0 Å². The number of carbonyl (C=O) groups excluding carboxylic acids is 1. The molecule has 2 bridgehead atoms. The van der Waals surface area contributed by atoms with E-state index in [1.54, 1.807) is 11.3 Å². The lowest BCUT2D eigenvalue weighted by molar-refractivity contribution is -0.137. The fraction of sp³-hybridized carbons (Fsp3) is 0.688. The van der Waals surface area contributed by atoms with Crippen LogP contribution in [0.15, 0.2) is 15.9 Å². The molecular weight excluding hydrogens is 384 g/mol. The quantitative estimate of drug-likeness (QED) is 0.821. The normalized spacial score (nSPS) is 30.5. The number of thiophene rings is 1. The Balaban J connectivity index is 0.00000176. The number of amides is 1. The first-order valence-electron chi connectivity index (χ1n) is 7.78. The van der Waals surface area contributed by atoms with E-state index in [9.17, 15) is 4.79 Å². The fourth-order valence-electron chi connectivity index (χ4n) is 4.05. The third-order valence-electron chi connectivity index (χ3n) is 5.15. The fourth-order valence-corrected chi connectivity index (χ4v) is 5.55. The zero-order chi connectivity index (χ0) is 15.0. The van der Waals surface area contributed by atoms with Crippen LogP contribution < -0.4 is 5.73 Å². The maximum absolute atomic E-state index is 12.7. The summed E-state index contributed by atoms with van der Waals surface area (Å²) in [4.78, 5) is 15.9. The first kappa shape index (κ1) is 18.2. The lowest BCUT2D eigenvalue weighted by Gasteiger charge is -2.44. The Labute approximate surface area is 151 Å². The average molecular weight is 408 g/mol. The van der Waals surface area contributed by atoms with Gasteiger partial charge in [-0.05, 0) is 59.5 Å². The second-order valence-corrected chi connectivity index (χ2v) is 8.53. The number of carbonyl (C=O) groups is 1. The van der Waals surface area contributed by atoms with Crippen molar-refractivity contribution >= 4 is 45.6 Å². The lowest BCUT2D eigenvalue weighted by Crippen LogP contribution is -2.49. The molecule has 3 nitrogen and oxygen atoms in total. The Morgan fingerprint density at radius 2 is 2.05 bits per heavy atom. The Morgan fingerprint density at radius 1 is 1.41 bits per heavy atom. The third-order valence-corrected chi connectivity index (χ3v) is 6.84. The maximum atomic E-state index is 12.7. The number of nitrogens with zero attached hydrogens (tertiary/aromatic N) is 1. The molecular formula is C16H24BrClN2OS. The van der Waals surface area contributed by atoms with Gasteiger partial charge >= 0.3 is 0 Å². The van der Waals surface area contributed by atoms with E-state index < -0.39 is 0 Å². The number of halogens is 2.